The number of ether oxygens (including phenoxy) is 3. The molecule has 0 aliphatic rings. The molecule has 0 aliphatic heterocycles. The molecular weight excluding hydrogens is 423 g/mol. The molecule has 0 radical (unpaired) electrons. The fourth-order valence-electron chi connectivity index (χ4n) is 3.20. The van der Waals surface area contributed by atoms with Crippen LogP contribution in [0.2, 0.25) is 5.02 Å². The lowest BCUT2D eigenvalue weighted by Gasteiger charge is -2.10. The molecule has 5 nitrogen and oxygen atoms in total. The monoisotopic (exact) mass is 440 g/mol. The summed E-state index contributed by atoms with van der Waals surface area (Å²) in [7, 11) is 3.08. The predicted octanol–water partition coefficient (Wildman–Crippen LogP) is 5.85. The molecule has 0 saturated heterocycles. The fourth-order valence-corrected chi connectivity index (χ4v) is 3.42. The zero-order chi connectivity index (χ0) is 22.0. The van der Waals surface area contributed by atoms with Crippen molar-refractivity contribution < 1.29 is 23.0 Å². The maximum Gasteiger partial charge on any atom is 0.200 e. The van der Waals surface area contributed by atoms with Crippen LogP contribution in [0.5, 0.6) is 17.2 Å². The van der Waals surface area contributed by atoms with E-state index in [2.05, 4.69) is 0 Å². The molecule has 4 aromatic rings. The highest BCUT2D eigenvalue weighted by Crippen LogP contribution is 2.32. The van der Waals surface area contributed by atoms with Crippen LogP contribution in [0, 0.1) is 5.82 Å². The third-order valence-electron chi connectivity index (χ3n) is 4.85. The van der Waals surface area contributed by atoms with Crippen LogP contribution in [0.15, 0.2) is 70.1 Å². The summed E-state index contributed by atoms with van der Waals surface area (Å²) in [6.45, 7) is 0.151. The lowest BCUT2D eigenvalue weighted by atomic mass is 10.0. The van der Waals surface area contributed by atoms with Crippen molar-refractivity contribution in [2.24, 2.45) is 0 Å². The van der Waals surface area contributed by atoms with E-state index in [0.717, 1.165) is 0 Å². The van der Waals surface area contributed by atoms with Crippen LogP contribution >= 0.6 is 11.6 Å². The molecule has 31 heavy (non-hydrogen) atoms. The van der Waals surface area contributed by atoms with E-state index in [0.29, 0.717) is 44.9 Å². The Balaban J connectivity index is 1.63. The van der Waals surface area contributed by atoms with Gasteiger partial charge in [-0.05, 0) is 42.0 Å². The maximum absolute atomic E-state index is 13.2. The van der Waals surface area contributed by atoms with Gasteiger partial charge in [0.05, 0.1) is 30.2 Å². The summed E-state index contributed by atoms with van der Waals surface area (Å²) in [6.07, 6.45) is 1.41. The quantitative estimate of drug-likeness (QED) is 0.376. The Morgan fingerprint density at radius 3 is 2.52 bits per heavy atom. The van der Waals surface area contributed by atoms with Gasteiger partial charge in [-0.3, -0.25) is 4.79 Å². The van der Waals surface area contributed by atoms with Gasteiger partial charge >= 0.3 is 0 Å². The SMILES string of the molecule is COc1ccc(-c2coc3cc(OCc4ccc(F)cc4Cl)ccc3c2=O)cc1OC. The van der Waals surface area contributed by atoms with E-state index in [1.54, 1.807) is 49.6 Å². The van der Waals surface area contributed by atoms with Gasteiger partial charge in [0.2, 0.25) is 0 Å². The van der Waals surface area contributed by atoms with Crippen LogP contribution in [0.3, 0.4) is 0 Å². The van der Waals surface area contributed by atoms with Gasteiger partial charge in [0.15, 0.2) is 16.9 Å². The standard InChI is InChI=1S/C24H18ClFO5/c1-28-21-8-4-14(9-23(21)29-2)19-13-31-22-11-17(6-7-18(22)24(19)27)30-12-15-3-5-16(26)10-20(15)25/h3-11,13H,12H2,1-2H3. The van der Waals surface area contributed by atoms with Crippen LogP contribution < -0.4 is 19.6 Å². The molecule has 7 heteroatoms. The highest BCUT2D eigenvalue weighted by Gasteiger charge is 2.13. The highest BCUT2D eigenvalue weighted by molar-refractivity contribution is 6.31. The molecule has 0 bridgehead atoms. The van der Waals surface area contributed by atoms with Gasteiger partial charge in [-0.15, -0.1) is 0 Å². The number of methoxy groups -OCH3 is 2. The molecule has 158 valence electrons. The molecule has 0 spiro atoms. The number of hydrogen-bond acceptors (Lipinski definition) is 5. The average Bonchev–Trinajstić information content (AvgIpc) is 2.78. The van der Waals surface area contributed by atoms with E-state index in [1.165, 1.54) is 25.5 Å². The van der Waals surface area contributed by atoms with Gasteiger partial charge in [-0.25, -0.2) is 4.39 Å². The smallest absolute Gasteiger partial charge is 0.200 e. The molecule has 1 heterocycles. The van der Waals surface area contributed by atoms with Crippen LogP contribution in [-0.2, 0) is 6.61 Å². The summed E-state index contributed by atoms with van der Waals surface area (Å²) in [5, 5.41) is 0.700. The second kappa shape index (κ2) is 8.70. The summed E-state index contributed by atoms with van der Waals surface area (Å²) in [5.41, 5.74) is 1.91. The van der Waals surface area contributed by atoms with Crippen LogP contribution in [-0.4, -0.2) is 14.2 Å². The van der Waals surface area contributed by atoms with Gasteiger partial charge in [-0.2, -0.15) is 0 Å². The number of benzene rings is 3. The van der Waals surface area contributed by atoms with Crippen LogP contribution in [0.25, 0.3) is 22.1 Å². The summed E-state index contributed by atoms with van der Waals surface area (Å²) < 4.78 is 35.2. The Morgan fingerprint density at radius 1 is 0.968 bits per heavy atom. The van der Waals surface area contributed by atoms with Gasteiger partial charge in [-0.1, -0.05) is 23.7 Å². The van der Waals surface area contributed by atoms with Crippen molar-refractivity contribution in [3.63, 3.8) is 0 Å². The molecular formula is C24H18ClFO5. The highest BCUT2D eigenvalue weighted by atomic mass is 35.5. The van der Waals surface area contributed by atoms with E-state index in [9.17, 15) is 9.18 Å². The first-order chi connectivity index (χ1) is 15.0. The first-order valence-electron chi connectivity index (χ1n) is 9.35. The maximum atomic E-state index is 13.2. The molecule has 3 aromatic carbocycles. The molecule has 0 fully saturated rings. The lowest BCUT2D eigenvalue weighted by Crippen LogP contribution is -2.05. The number of rotatable bonds is 6. The lowest BCUT2D eigenvalue weighted by molar-refractivity contribution is 0.306. The molecule has 0 unspecified atom stereocenters. The zero-order valence-corrected chi connectivity index (χ0v) is 17.5. The average molecular weight is 441 g/mol. The minimum absolute atomic E-state index is 0.151. The summed E-state index contributed by atoms with van der Waals surface area (Å²) >= 11 is 6.03. The third-order valence-corrected chi connectivity index (χ3v) is 5.20. The normalized spacial score (nSPS) is 10.8. The predicted molar refractivity (Wildman–Crippen MR) is 117 cm³/mol. The Hall–Kier alpha value is -3.51. The summed E-state index contributed by atoms with van der Waals surface area (Å²) in [6, 6.07) is 14.3. The molecule has 0 N–H and O–H groups in total. The zero-order valence-electron chi connectivity index (χ0n) is 16.8. The number of fused-ring (bicyclic) bond motifs is 1. The number of halogens is 2. The fraction of sp³-hybridized carbons (Fsp3) is 0.125. The van der Waals surface area contributed by atoms with Gasteiger partial charge in [0.25, 0.3) is 0 Å². The van der Waals surface area contributed by atoms with Crippen molar-refractivity contribution in [3.8, 4) is 28.4 Å². The second-order valence-electron chi connectivity index (χ2n) is 6.73. The van der Waals surface area contributed by atoms with E-state index < -0.39 is 5.82 Å². The summed E-state index contributed by atoms with van der Waals surface area (Å²) in [5.74, 6) is 1.17. The Labute approximate surface area is 182 Å². The van der Waals surface area contributed by atoms with Crippen molar-refractivity contribution in [2.45, 2.75) is 6.61 Å². The minimum atomic E-state index is -0.411. The largest absolute Gasteiger partial charge is 0.493 e. The van der Waals surface area contributed by atoms with Crippen molar-refractivity contribution >= 4 is 22.6 Å². The van der Waals surface area contributed by atoms with E-state index >= 15 is 0 Å². The molecule has 4 rings (SSSR count). The van der Waals surface area contributed by atoms with Crippen molar-refractivity contribution in [1.82, 2.24) is 0 Å². The third kappa shape index (κ3) is 4.20. The van der Waals surface area contributed by atoms with Crippen molar-refractivity contribution in [1.29, 1.82) is 0 Å². The Morgan fingerprint density at radius 2 is 1.77 bits per heavy atom. The van der Waals surface area contributed by atoms with Crippen LogP contribution in [0.1, 0.15) is 5.56 Å². The second-order valence-corrected chi connectivity index (χ2v) is 7.14. The Bertz CT molecular complexity index is 1320. The Kier molecular flexibility index (Phi) is 5.82. The first kappa shape index (κ1) is 20.8. The van der Waals surface area contributed by atoms with Crippen molar-refractivity contribution in [3.05, 3.63) is 87.5 Å². The van der Waals surface area contributed by atoms with E-state index in [4.69, 9.17) is 30.2 Å². The molecule has 0 amide bonds. The number of hydrogen-bond donors (Lipinski definition) is 0. The van der Waals surface area contributed by atoms with E-state index in [-0.39, 0.29) is 17.1 Å². The van der Waals surface area contributed by atoms with Crippen LogP contribution in [0.4, 0.5) is 4.39 Å². The topological polar surface area (TPSA) is 57.9 Å². The molecule has 0 saturated carbocycles. The molecule has 0 atom stereocenters. The first-order valence-corrected chi connectivity index (χ1v) is 9.72. The minimum Gasteiger partial charge on any atom is -0.493 e. The molecule has 1 aromatic heterocycles. The van der Waals surface area contributed by atoms with Crippen molar-refractivity contribution in [2.75, 3.05) is 14.2 Å². The van der Waals surface area contributed by atoms with Gasteiger partial charge in [0.1, 0.15) is 30.0 Å². The molecule has 0 aliphatic carbocycles. The van der Waals surface area contributed by atoms with Gasteiger partial charge in [0, 0.05) is 11.6 Å². The summed E-state index contributed by atoms with van der Waals surface area (Å²) in [4.78, 5) is 13.0. The van der Waals surface area contributed by atoms with E-state index in [1.807, 2.05) is 0 Å². The van der Waals surface area contributed by atoms with Gasteiger partial charge < -0.3 is 18.6 Å².